The number of carboxylic acid groups (broad SMARTS) is 1. The van der Waals surface area contributed by atoms with Gasteiger partial charge in [0.1, 0.15) is 0 Å². The molecule has 1 aromatic heterocycles. The van der Waals surface area contributed by atoms with E-state index in [1.54, 1.807) is 41.5 Å². The van der Waals surface area contributed by atoms with Gasteiger partial charge in [0.2, 0.25) is 5.76 Å². The van der Waals surface area contributed by atoms with E-state index >= 15 is 0 Å². The van der Waals surface area contributed by atoms with Crippen LogP contribution in [0.25, 0.3) is 0 Å². The van der Waals surface area contributed by atoms with Crippen molar-refractivity contribution < 1.29 is 19.1 Å². The standard InChI is InChI=1S/C13H20N2O4/c1-7-9(19-8(2)14-7)10(16)15-13(5,6)12(3,4)11(17)18/h1-6H3,(H,15,16)(H,17,18). The Bertz CT molecular complexity index is 515. The van der Waals surface area contributed by atoms with Crippen LogP contribution < -0.4 is 5.32 Å². The average molecular weight is 268 g/mol. The second-order valence-electron chi connectivity index (χ2n) is 5.66. The van der Waals surface area contributed by atoms with Crippen molar-refractivity contribution >= 4 is 11.9 Å². The summed E-state index contributed by atoms with van der Waals surface area (Å²) < 4.78 is 5.22. The van der Waals surface area contributed by atoms with Crippen LogP contribution in [0.4, 0.5) is 0 Å². The molecule has 0 aromatic carbocycles. The van der Waals surface area contributed by atoms with Gasteiger partial charge in [-0.3, -0.25) is 9.59 Å². The molecule has 6 heteroatoms. The van der Waals surface area contributed by atoms with E-state index in [0.29, 0.717) is 11.6 Å². The lowest BCUT2D eigenvalue weighted by atomic mass is 9.74. The molecule has 1 amide bonds. The number of oxazole rings is 1. The van der Waals surface area contributed by atoms with Crippen LogP contribution in [0.2, 0.25) is 0 Å². The predicted octanol–water partition coefficient (Wildman–Crippen LogP) is 1.91. The van der Waals surface area contributed by atoms with Gasteiger partial charge in [-0.25, -0.2) is 4.98 Å². The third kappa shape index (κ3) is 2.77. The van der Waals surface area contributed by atoms with Crippen molar-refractivity contribution in [1.82, 2.24) is 10.3 Å². The van der Waals surface area contributed by atoms with Crippen LogP contribution in [-0.2, 0) is 4.79 Å². The van der Waals surface area contributed by atoms with Crippen molar-refractivity contribution in [2.45, 2.75) is 47.1 Å². The Morgan fingerprint density at radius 1 is 1.21 bits per heavy atom. The molecular weight excluding hydrogens is 248 g/mol. The average Bonchev–Trinajstić information content (AvgIpc) is 2.56. The fourth-order valence-electron chi connectivity index (χ4n) is 1.51. The number of rotatable bonds is 4. The monoisotopic (exact) mass is 268 g/mol. The summed E-state index contributed by atoms with van der Waals surface area (Å²) in [5.41, 5.74) is -1.58. The molecule has 2 N–H and O–H groups in total. The van der Waals surface area contributed by atoms with Crippen molar-refractivity contribution in [2.24, 2.45) is 5.41 Å². The first-order valence-corrected chi connectivity index (χ1v) is 5.99. The molecule has 0 saturated carbocycles. The maximum atomic E-state index is 12.1. The summed E-state index contributed by atoms with van der Waals surface area (Å²) in [6, 6.07) is 0. The number of nitrogens with one attached hydrogen (secondary N) is 1. The minimum Gasteiger partial charge on any atom is -0.481 e. The molecule has 19 heavy (non-hydrogen) atoms. The topological polar surface area (TPSA) is 92.4 Å². The molecule has 0 radical (unpaired) electrons. The zero-order valence-corrected chi connectivity index (χ0v) is 12.1. The molecule has 0 fully saturated rings. The van der Waals surface area contributed by atoms with Gasteiger partial charge in [0, 0.05) is 6.92 Å². The zero-order valence-electron chi connectivity index (χ0n) is 12.1. The molecule has 1 aromatic rings. The summed E-state index contributed by atoms with van der Waals surface area (Å²) in [6.07, 6.45) is 0. The molecule has 0 aliphatic heterocycles. The molecule has 0 atom stereocenters. The highest BCUT2D eigenvalue weighted by Crippen LogP contribution is 2.31. The first-order valence-electron chi connectivity index (χ1n) is 5.99. The van der Waals surface area contributed by atoms with E-state index in [-0.39, 0.29) is 5.76 Å². The molecule has 0 unspecified atom stereocenters. The van der Waals surface area contributed by atoms with Gasteiger partial charge in [-0.05, 0) is 34.6 Å². The summed E-state index contributed by atoms with van der Waals surface area (Å²) in [4.78, 5) is 27.4. The van der Waals surface area contributed by atoms with Gasteiger partial charge >= 0.3 is 5.97 Å². The van der Waals surface area contributed by atoms with Crippen LogP contribution in [0.1, 0.15) is 49.8 Å². The number of carbonyl (C=O) groups is 2. The van der Waals surface area contributed by atoms with Crippen molar-refractivity contribution in [2.75, 3.05) is 0 Å². The number of amides is 1. The Morgan fingerprint density at radius 2 is 1.74 bits per heavy atom. The van der Waals surface area contributed by atoms with E-state index in [2.05, 4.69) is 10.3 Å². The summed E-state index contributed by atoms with van der Waals surface area (Å²) in [6.45, 7) is 9.77. The third-order valence-corrected chi connectivity index (χ3v) is 3.63. The molecule has 1 rings (SSSR count). The fourth-order valence-corrected chi connectivity index (χ4v) is 1.51. The highest BCUT2D eigenvalue weighted by atomic mass is 16.4. The van der Waals surface area contributed by atoms with Gasteiger partial charge in [-0.1, -0.05) is 0 Å². The smallest absolute Gasteiger partial charge is 0.311 e. The van der Waals surface area contributed by atoms with Crippen LogP contribution in [-0.4, -0.2) is 27.5 Å². The van der Waals surface area contributed by atoms with E-state index in [1.807, 2.05) is 0 Å². The lowest BCUT2D eigenvalue weighted by molar-refractivity contribution is -0.150. The molecule has 106 valence electrons. The number of aliphatic carboxylic acids is 1. The normalized spacial score (nSPS) is 12.3. The van der Waals surface area contributed by atoms with Gasteiger partial charge in [-0.2, -0.15) is 0 Å². The second kappa shape index (κ2) is 4.68. The summed E-state index contributed by atoms with van der Waals surface area (Å²) in [5.74, 6) is -0.926. The Hall–Kier alpha value is -1.85. The van der Waals surface area contributed by atoms with Crippen LogP contribution in [0.15, 0.2) is 4.42 Å². The molecule has 0 saturated heterocycles. The highest BCUT2D eigenvalue weighted by molar-refractivity contribution is 5.93. The van der Waals surface area contributed by atoms with Gasteiger partial charge in [0.25, 0.3) is 5.91 Å². The number of carbonyl (C=O) groups excluding carboxylic acids is 1. The Labute approximate surface area is 112 Å². The fraction of sp³-hybridized carbons (Fsp3) is 0.615. The first kappa shape index (κ1) is 15.2. The summed E-state index contributed by atoms with van der Waals surface area (Å²) in [7, 11) is 0. The molecule has 0 aliphatic rings. The van der Waals surface area contributed by atoms with Gasteiger partial charge < -0.3 is 14.8 Å². The molecule has 0 spiro atoms. The molecular formula is C13H20N2O4. The van der Waals surface area contributed by atoms with Gasteiger partial charge in [0.15, 0.2) is 5.89 Å². The van der Waals surface area contributed by atoms with Crippen molar-refractivity contribution in [3.63, 3.8) is 0 Å². The lowest BCUT2D eigenvalue weighted by Crippen LogP contribution is -2.57. The van der Waals surface area contributed by atoms with Crippen LogP contribution in [0.3, 0.4) is 0 Å². The number of hydrogen-bond donors (Lipinski definition) is 2. The van der Waals surface area contributed by atoms with Crippen LogP contribution in [0, 0.1) is 19.3 Å². The maximum Gasteiger partial charge on any atom is 0.311 e. The summed E-state index contributed by atoms with van der Waals surface area (Å²) >= 11 is 0. The minimum absolute atomic E-state index is 0.117. The lowest BCUT2D eigenvalue weighted by Gasteiger charge is -2.38. The van der Waals surface area contributed by atoms with E-state index in [4.69, 9.17) is 4.42 Å². The number of aryl methyl sites for hydroxylation is 2. The number of carboxylic acids is 1. The second-order valence-corrected chi connectivity index (χ2v) is 5.66. The first-order chi connectivity index (χ1) is 8.49. The predicted molar refractivity (Wildman–Crippen MR) is 68.9 cm³/mol. The van der Waals surface area contributed by atoms with E-state index in [9.17, 15) is 14.7 Å². The third-order valence-electron chi connectivity index (χ3n) is 3.63. The number of nitrogens with zero attached hydrogens (tertiary/aromatic N) is 1. The SMILES string of the molecule is Cc1nc(C)c(C(=O)NC(C)(C)C(C)(C)C(=O)O)o1. The number of aromatic nitrogens is 1. The molecule has 0 bridgehead atoms. The summed E-state index contributed by atoms with van der Waals surface area (Å²) in [5, 5.41) is 11.9. The minimum atomic E-state index is -1.12. The Balaban J connectivity index is 2.99. The van der Waals surface area contributed by atoms with Crippen molar-refractivity contribution in [3.8, 4) is 0 Å². The van der Waals surface area contributed by atoms with Gasteiger partial charge in [0.05, 0.1) is 16.6 Å². The largest absolute Gasteiger partial charge is 0.481 e. The number of hydrogen-bond acceptors (Lipinski definition) is 4. The molecule has 1 heterocycles. The van der Waals surface area contributed by atoms with E-state index < -0.39 is 22.8 Å². The van der Waals surface area contributed by atoms with Crippen LogP contribution >= 0.6 is 0 Å². The Kier molecular flexibility index (Phi) is 3.74. The van der Waals surface area contributed by atoms with Crippen LogP contribution in [0.5, 0.6) is 0 Å². The van der Waals surface area contributed by atoms with E-state index in [0.717, 1.165) is 0 Å². The quantitative estimate of drug-likeness (QED) is 0.870. The molecule has 6 nitrogen and oxygen atoms in total. The highest BCUT2D eigenvalue weighted by Gasteiger charge is 2.45. The Morgan fingerprint density at radius 3 is 2.11 bits per heavy atom. The van der Waals surface area contributed by atoms with Gasteiger partial charge in [-0.15, -0.1) is 0 Å². The van der Waals surface area contributed by atoms with Crippen molar-refractivity contribution in [3.05, 3.63) is 17.3 Å². The van der Waals surface area contributed by atoms with Crippen molar-refractivity contribution in [1.29, 1.82) is 0 Å². The molecule has 0 aliphatic carbocycles. The maximum absolute atomic E-state index is 12.1. The zero-order chi connectivity index (χ0) is 15.0. The van der Waals surface area contributed by atoms with E-state index in [1.165, 1.54) is 0 Å².